The molecule has 0 unspecified atom stereocenters. The summed E-state index contributed by atoms with van der Waals surface area (Å²) in [5.74, 6) is 0.233. The topological polar surface area (TPSA) is 103 Å². The van der Waals surface area contributed by atoms with Crippen molar-refractivity contribution in [3.05, 3.63) is 114 Å². The molecule has 0 bridgehead atoms. The van der Waals surface area contributed by atoms with Gasteiger partial charge in [-0.05, 0) is 59.9 Å². The summed E-state index contributed by atoms with van der Waals surface area (Å²) >= 11 is 0. The average Bonchev–Trinajstić information content (AvgIpc) is 3.02. The van der Waals surface area contributed by atoms with E-state index in [1.54, 1.807) is 12.1 Å². The number of ether oxygens (including phenoxy) is 1. The highest BCUT2D eigenvalue weighted by molar-refractivity contribution is 5.92. The van der Waals surface area contributed by atoms with Gasteiger partial charge in [0.1, 0.15) is 11.9 Å². The SMILES string of the molecule is O=C(CCN1CCC(OC(=O)Nc2ccccc2-c2ccccc2)CC1)Nc1cccc(CNCc2ccc(O)cc2)c1. The van der Waals surface area contributed by atoms with Crippen LogP contribution in [0, 0.1) is 0 Å². The fraction of sp³-hybridized carbons (Fsp3) is 0.257. The van der Waals surface area contributed by atoms with Gasteiger partial charge in [0.25, 0.3) is 0 Å². The van der Waals surface area contributed by atoms with E-state index < -0.39 is 6.09 Å². The van der Waals surface area contributed by atoms with Gasteiger partial charge < -0.3 is 25.4 Å². The average molecular weight is 579 g/mol. The molecule has 1 aliphatic heterocycles. The Morgan fingerprint density at radius 1 is 0.791 bits per heavy atom. The van der Waals surface area contributed by atoms with Crippen LogP contribution in [-0.4, -0.2) is 47.7 Å². The van der Waals surface area contributed by atoms with Crippen LogP contribution in [-0.2, 0) is 22.6 Å². The van der Waals surface area contributed by atoms with Gasteiger partial charge in [0.2, 0.25) is 5.91 Å². The Labute approximate surface area is 252 Å². The molecule has 1 aliphatic rings. The lowest BCUT2D eigenvalue weighted by atomic mass is 10.0. The van der Waals surface area contributed by atoms with Gasteiger partial charge in [-0.3, -0.25) is 10.1 Å². The molecule has 0 spiro atoms. The summed E-state index contributed by atoms with van der Waals surface area (Å²) in [5, 5.41) is 18.7. The lowest BCUT2D eigenvalue weighted by Crippen LogP contribution is -2.39. The van der Waals surface area contributed by atoms with E-state index in [0.717, 1.165) is 59.6 Å². The first kappa shape index (κ1) is 29.8. The van der Waals surface area contributed by atoms with Crippen molar-refractivity contribution in [2.75, 3.05) is 30.3 Å². The Kier molecular flexibility index (Phi) is 10.4. The lowest BCUT2D eigenvalue weighted by molar-refractivity contribution is -0.116. The lowest BCUT2D eigenvalue weighted by Gasteiger charge is -2.31. The first-order chi connectivity index (χ1) is 21.0. The van der Waals surface area contributed by atoms with E-state index in [1.165, 1.54) is 0 Å². The number of para-hydroxylation sites is 1. The molecule has 4 aromatic rings. The minimum absolute atomic E-state index is 0.0240. The molecule has 1 saturated heterocycles. The highest BCUT2D eigenvalue weighted by Gasteiger charge is 2.23. The smallest absolute Gasteiger partial charge is 0.411 e. The van der Waals surface area contributed by atoms with Gasteiger partial charge in [-0.1, -0.05) is 72.8 Å². The molecule has 2 amide bonds. The maximum absolute atomic E-state index is 12.7. The Morgan fingerprint density at radius 2 is 1.51 bits per heavy atom. The van der Waals surface area contributed by atoms with Crippen LogP contribution in [0.4, 0.5) is 16.2 Å². The van der Waals surface area contributed by atoms with Crippen LogP contribution < -0.4 is 16.0 Å². The van der Waals surface area contributed by atoms with E-state index in [1.807, 2.05) is 91.0 Å². The zero-order chi connectivity index (χ0) is 29.9. The number of likely N-dealkylation sites (tertiary alicyclic amines) is 1. The number of piperidine rings is 1. The minimum atomic E-state index is -0.445. The Bertz CT molecular complexity index is 1490. The maximum atomic E-state index is 12.7. The second-order valence-corrected chi connectivity index (χ2v) is 10.8. The van der Waals surface area contributed by atoms with Crippen molar-refractivity contribution < 1.29 is 19.4 Å². The molecular formula is C35H38N4O4. The Hall–Kier alpha value is -4.66. The molecule has 0 atom stereocenters. The van der Waals surface area contributed by atoms with Crippen molar-refractivity contribution in [1.82, 2.24) is 10.2 Å². The summed E-state index contributed by atoms with van der Waals surface area (Å²) in [6.45, 7) is 3.55. The van der Waals surface area contributed by atoms with E-state index >= 15 is 0 Å². The predicted molar refractivity (Wildman–Crippen MR) is 170 cm³/mol. The molecule has 1 heterocycles. The quantitative estimate of drug-likeness (QED) is 0.165. The number of rotatable bonds is 11. The summed E-state index contributed by atoms with van der Waals surface area (Å²) in [4.78, 5) is 27.6. The van der Waals surface area contributed by atoms with Crippen molar-refractivity contribution in [3.63, 3.8) is 0 Å². The fourth-order valence-corrected chi connectivity index (χ4v) is 5.21. The second-order valence-electron chi connectivity index (χ2n) is 10.8. The zero-order valence-corrected chi connectivity index (χ0v) is 24.2. The van der Waals surface area contributed by atoms with Crippen LogP contribution in [0.3, 0.4) is 0 Å². The number of amides is 2. The standard InChI is InChI=1S/C35H38N4O4/c40-30-15-13-26(14-16-30)24-36-25-27-7-6-10-29(23-27)37-34(41)19-22-39-20-17-31(18-21-39)43-35(42)38-33-12-5-4-11-32(33)28-8-2-1-3-9-28/h1-16,23,31,36,40H,17-22,24-25H2,(H,37,41)(H,38,42). The molecule has 222 valence electrons. The molecule has 8 heteroatoms. The molecule has 0 radical (unpaired) electrons. The van der Waals surface area contributed by atoms with Gasteiger partial charge in [0.05, 0.1) is 5.69 Å². The number of carbonyl (C=O) groups is 2. The maximum Gasteiger partial charge on any atom is 0.411 e. The molecular weight excluding hydrogens is 540 g/mol. The molecule has 5 rings (SSSR count). The molecule has 0 saturated carbocycles. The summed E-state index contributed by atoms with van der Waals surface area (Å²) in [6.07, 6.45) is 1.26. The van der Waals surface area contributed by atoms with Crippen LogP contribution in [0.1, 0.15) is 30.4 Å². The number of nitrogens with one attached hydrogen (secondary N) is 3. The van der Waals surface area contributed by atoms with E-state index in [2.05, 4.69) is 20.9 Å². The Morgan fingerprint density at radius 3 is 2.30 bits per heavy atom. The van der Waals surface area contributed by atoms with Gasteiger partial charge in [0.15, 0.2) is 0 Å². The zero-order valence-electron chi connectivity index (χ0n) is 24.2. The van der Waals surface area contributed by atoms with Crippen molar-refractivity contribution in [2.24, 2.45) is 0 Å². The van der Waals surface area contributed by atoms with Crippen molar-refractivity contribution >= 4 is 23.4 Å². The fourth-order valence-electron chi connectivity index (χ4n) is 5.21. The highest BCUT2D eigenvalue weighted by atomic mass is 16.6. The predicted octanol–water partition coefficient (Wildman–Crippen LogP) is 6.39. The third kappa shape index (κ3) is 9.16. The third-order valence-electron chi connectivity index (χ3n) is 7.52. The van der Waals surface area contributed by atoms with Crippen LogP contribution in [0.5, 0.6) is 5.75 Å². The third-order valence-corrected chi connectivity index (χ3v) is 7.52. The number of phenolic OH excluding ortho intramolecular Hbond substituents is 1. The number of hydrogen-bond donors (Lipinski definition) is 4. The summed E-state index contributed by atoms with van der Waals surface area (Å²) in [6, 6.07) is 32.6. The number of aromatic hydroxyl groups is 1. The van der Waals surface area contributed by atoms with Crippen LogP contribution >= 0.6 is 0 Å². The van der Waals surface area contributed by atoms with E-state index in [4.69, 9.17) is 4.74 Å². The van der Waals surface area contributed by atoms with Crippen molar-refractivity contribution in [1.29, 1.82) is 0 Å². The van der Waals surface area contributed by atoms with E-state index in [9.17, 15) is 14.7 Å². The summed E-state index contributed by atoms with van der Waals surface area (Å²) in [5.41, 5.74) is 5.64. The van der Waals surface area contributed by atoms with Gasteiger partial charge in [-0.25, -0.2) is 4.79 Å². The second kappa shape index (κ2) is 15.0. The molecule has 4 aromatic carbocycles. The van der Waals surface area contributed by atoms with E-state index in [0.29, 0.717) is 26.1 Å². The first-order valence-electron chi connectivity index (χ1n) is 14.7. The Balaban J connectivity index is 1.00. The normalized spacial score (nSPS) is 13.8. The summed E-state index contributed by atoms with van der Waals surface area (Å²) in [7, 11) is 0. The molecule has 1 fully saturated rings. The summed E-state index contributed by atoms with van der Waals surface area (Å²) < 4.78 is 5.74. The molecule has 0 aromatic heterocycles. The van der Waals surface area contributed by atoms with Crippen molar-refractivity contribution in [3.8, 4) is 16.9 Å². The van der Waals surface area contributed by atoms with Gasteiger partial charge in [0, 0.05) is 50.4 Å². The van der Waals surface area contributed by atoms with E-state index in [-0.39, 0.29) is 17.8 Å². The van der Waals surface area contributed by atoms with Gasteiger partial charge in [-0.15, -0.1) is 0 Å². The monoisotopic (exact) mass is 578 g/mol. The molecule has 0 aliphatic carbocycles. The van der Waals surface area contributed by atoms with Crippen LogP contribution in [0.2, 0.25) is 0 Å². The van der Waals surface area contributed by atoms with Crippen LogP contribution in [0.25, 0.3) is 11.1 Å². The number of benzene rings is 4. The molecule has 4 N–H and O–H groups in total. The van der Waals surface area contributed by atoms with Crippen molar-refractivity contribution in [2.45, 2.75) is 38.5 Å². The minimum Gasteiger partial charge on any atom is -0.508 e. The number of phenols is 1. The highest BCUT2D eigenvalue weighted by Crippen LogP contribution is 2.28. The largest absolute Gasteiger partial charge is 0.508 e. The number of nitrogens with zero attached hydrogens (tertiary/aromatic N) is 1. The molecule has 8 nitrogen and oxygen atoms in total. The van der Waals surface area contributed by atoms with Gasteiger partial charge in [-0.2, -0.15) is 0 Å². The van der Waals surface area contributed by atoms with Crippen LogP contribution in [0.15, 0.2) is 103 Å². The number of hydrogen-bond acceptors (Lipinski definition) is 6. The number of carbonyl (C=O) groups excluding carboxylic acids is 2. The number of anilines is 2. The first-order valence-corrected chi connectivity index (χ1v) is 14.7. The van der Waals surface area contributed by atoms with Gasteiger partial charge >= 0.3 is 6.09 Å². The molecule has 43 heavy (non-hydrogen) atoms.